The normalized spacial score (nSPS) is 14.2. The average molecular weight is 435 g/mol. The molecule has 1 aliphatic heterocycles. The van der Waals surface area contributed by atoms with E-state index in [-0.39, 0.29) is 18.3 Å². The Balaban J connectivity index is 1.28. The molecule has 32 heavy (non-hydrogen) atoms. The lowest BCUT2D eigenvalue weighted by Gasteiger charge is -2.37. The maximum absolute atomic E-state index is 13.0. The Bertz CT molecular complexity index is 1010. The summed E-state index contributed by atoms with van der Waals surface area (Å²) in [7, 11) is 0. The second kappa shape index (κ2) is 10.7. The largest absolute Gasteiger partial charge is 0.484 e. The molecule has 0 unspecified atom stereocenters. The number of pyridine rings is 1. The molecule has 1 saturated heterocycles. The van der Waals surface area contributed by atoms with Gasteiger partial charge >= 0.3 is 0 Å². The molecule has 0 saturated carbocycles. The molecular formula is C25H27FN4O2. The minimum absolute atomic E-state index is 0.136. The molecule has 0 aliphatic carbocycles. The first kappa shape index (κ1) is 21.8. The van der Waals surface area contributed by atoms with E-state index in [9.17, 15) is 9.18 Å². The standard InChI is InChI=1S/C25H27FN4O2/c26-21-5-7-22(8-6-21)32-19-25(31)28-23-3-1-2-4-24(23)30-17-15-29(16-18-30)14-11-20-9-12-27-13-10-20/h1-10,12-13H,11,14-19H2,(H,28,31). The summed E-state index contributed by atoms with van der Waals surface area (Å²) in [5, 5.41) is 2.95. The number of hydrogen-bond acceptors (Lipinski definition) is 5. The van der Waals surface area contributed by atoms with Crippen molar-refractivity contribution in [3.05, 3.63) is 84.4 Å². The maximum Gasteiger partial charge on any atom is 0.262 e. The number of carbonyl (C=O) groups excluding carboxylic acids is 1. The zero-order valence-electron chi connectivity index (χ0n) is 17.9. The van der Waals surface area contributed by atoms with E-state index < -0.39 is 0 Å². The van der Waals surface area contributed by atoms with Gasteiger partial charge in [0.25, 0.3) is 5.91 Å². The Morgan fingerprint density at radius 1 is 0.969 bits per heavy atom. The van der Waals surface area contributed by atoms with Gasteiger partial charge in [-0.3, -0.25) is 14.7 Å². The van der Waals surface area contributed by atoms with Gasteiger partial charge < -0.3 is 15.0 Å². The summed E-state index contributed by atoms with van der Waals surface area (Å²) in [6.45, 7) is 4.63. The first-order chi connectivity index (χ1) is 15.7. The van der Waals surface area contributed by atoms with Crippen LogP contribution in [0, 0.1) is 5.82 Å². The summed E-state index contributed by atoms with van der Waals surface area (Å²) in [6.07, 6.45) is 4.69. The van der Waals surface area contributed by atoms with Crippen molar-refractivity contribution in [1.29, 1.82) is 0 Å². The zero-order chi connectivity index (χ0) is 22.2. The Hall–Kier alpha value is -3.45. The third kappa shape index (κ3) is 6.04. The first-order valence-corrected chi connectivity index (χ1v) is 10.8. The van der Waals surface area contributed by atoms with Crippen molar-refractivity contribution >= 4 is 17.3 Å². The number of nitrogens with zero attached hydrogens (tertiary/aromatic N) is 3. The highest BCUT2D eigenvalue weighted by atomic mass is 19.1. The highest BCUT2D eigenvalue weighted by molar-refractivity contribution is 5.95. The summed E-state index contributed by atoms with van der Waals surface area (Å²) in [4.78, 5) is 21.3. The molecule has 1 aliphatic rings. The van der Waals surface area contributed by atoms with Crippen LogP contribution in [0.1, 0.15) is 5.56 Å². The number of para-hydroxylation sites is 2. The predicted molar refractivity (Wildman–Crippen MR) is 124 cm³/mol. The van der Waals surface area contributed by atoms with Crippen LogP contribution in [0.5, 0.6) is 5.75 Å². The third-order valence-corrected chi connectivity index (χ3v) is 5.54. The van der Waals surface area contributed by atoms with Gasteiger partial charge in [0, 0.05) is 45.1 Å². The number of anilines is 2. The number of aromatic nitrogens is 1. The van der Waals surface area contributed by atoms with Crippen LogP contribution in [0.2, 0.25) is 0 Å². The van der Waals surface area contributed by atoms with Crippen LogP contribution in [0.4, 0.5) is 15.8 Å². The van der Waals surface area contributed by atoms with E-state index in [2.05, 4.69) is 32.2 Å². The second-order valence-corrected chi connectivity index (χ2v) is 7.74. The van der Waals surface area contributed by atoms with Crippen molar-refractivity contribution in [2.75, 3.05) is 49.5 Å². The minimum Gasteiger partial charge on any atom is -0.484 e. The summed E-state index contributed by atoms with van der Waals surface area (Å²) < 4.78 is 18.4. The van der Waals surface area contributed by atoms with Crippen molar-refractivity contribution in [3.63, 3.8) is 0 Å². The van der Waals surface area contributed by atoms with Crippen LogP contribution in [0.15, 0.2) is 73.1 Å². The molecule has 1 aromatic heterocycles. The summed E-state index contributed by atoms with van der Waals surface area (Å²) in [5.74, 6) is -0.135. The molecule has 1 amide bonds. The third-order valence-electron chi connectivity index (χ3n) is 5.54. The van der Waals surface area contributed by atoms with Crippen LogP contribution in [-0.4, -0.2) is 55.1 Å². The summed E-state index contributed by atoms with van der Waals surface area (Å²) >= 11 is 0. The smallest absolute Gasteiger partial charge is 0.262 e. The summed E-state index contributed by atoms with van der Waals surface area (Å²) in [6, 6.07) is 17.6. The van der Waals surface area contributed by atoms with E-state index in [4.69, 9.17) is 4.74 Å². The lowest BCUT2D eigenvalue weighted by Crippen LogP contribution is -2.47. The van der Waals surface area contributed by atoms with Crippen molar-refractivity contribution in [2.24, 2.45) is 0 Å². The van der Waals surface area contributed by atoms with Crippen LogP contribution in [0.3, 0.4) is 0 Å². The molecule has 1 fully saturated rings. The number of amides is 1. The molecule has 0 radical (unpaired) electrons. The monoisotopic (exact) mass is 434 g/mol. The van der Waals surface area contributed by atoms with Gasteiger partial charge in [-0.1, -0.05) is 12.1 Å². The van der Waals surface area contributed by atoms with E-state index >= 15 is 0 Å². The van der Waals surface area contributed by atoms with E-state index in [1.54, 1.807) is 0 Å². The van der Waals surface area contributed by atoms with Gasteiger partial charge in [0.05, 0.1) is 11.4 Å². The van der Waals surface area contributed by atoms with Crippen molar-refractivity contribution in [3.8, 4) is 5.75 Å². The lowest BCUT2D eigenvalue weighted by molar-refractivity contribution is -0.118. The molecule has 4 rings (SSSR count). The van der Waals surface area contributed by atoms with Gasteiger partial charge in [0.1, 0.15) is 11.6 Å². The quantitative estimate of drug-likeness (QED) is 0.587. The fourth-order valence-electron chi connectivity index (χ4n) is 3.77. The van der Waals surface area contributed by atoms with Gasteiger partial charge in [-0.15, -0.1) is 0 Å². The lowest BCUT2D eigenvalue weighted by atomic mass is 10.1. The highest BCUT2D eigenvalue weighted by Gasteiger charge is 2.19. The van der Waals surface area contributed by atoms with Crippen LogP contribution in [0.25, 0.3) is 0 Å². The van der Waals surface area contributed by atoms with Crippen LogP contribution < -0.4 is 15.0 Å². The number of halogens is 1. The van der Waals surface area contributed by atoms with E-state index in [1.165, 1.54) is 29.8 Å². The van der Waals surface area contributed by atoms with E-state index in [1.807, 2.05) is 36.7 Å². The van der Waals surface area contributed by atoms with Gasteiger partial charge in [-0.05, 0) is 60.5 Å². The van der Waals surface area contributed by atoms with Crippen molar-refractivity contribution < 1.29 is 13.9 Å². The predicted octanol–water partition coefficient (Wildman–Crippen LogP) is 3.60. The Morgan fingerprint density at radius 3 is 2.44 bits per heavy atom. The van der Waals surface area contributed by atoms with E-state index in [0.717, 1.165) is 50.5 Å². The molecular weight excluding hydrogens is 407 g/mol. The fraction of sp³-hybridized carbons (Fsp3) is 0.280. The van der Waals surface area contributed by atoms with Gasteiger partial charge in [0.15, 0.2) is 6.61 Å². The molecule has 2 heterocycles. The van der Waals surface area contributed by atoms with Crippen LogP contribution in [-0.2, 0) is 11.2 Å². The number of piperazine rings is 1. The van der Waals surface area contributed by atoms with Gasteiger partial charge in [-0.2, -0.15) is 0 Å². The topological polar surface area (TPSA) is 57.7 Å². The SMILES string of the molecule is O=C(COc1ccc(F)cc1)Nc1ccccc1N1CCN(CCc2ccncc2)CC1. The number of benzene rings is 2. The number of carbonyl (C=O) groups is 1. The second-order valence-electron chi connectivity index (χ2n) is 7.74. The van der Waals surface area contributed by atoms with Crippen molar-refractivity contribution in [1.82, 2.24) is 9.88 Å². The molecule has 2 aromatic carbocycles. The van der Waals surface area contributed by atoms with Crippen molar-refractivity contribution in [2.45, 2.75) is 6.42 Å². The zero-order valence-corrected chi connectivity index (χ0v) is 17.9. The Labute approximate surface area is 187 Å². The molecule has 7 heteroatoms. The molecule has 1 N–H and O–H groups in total. The molecule has 0 spiro atoms. The Morgan fingerprint density at radius 2 is 1.69 bits per heavy atom. The number of rotatable bonds is 8. The van der Waals surface area contributed by atoms with Gasteiger partial charge in [-0.25, -0.2) is 4.39 Å². The molecule has 0 atom stereocenters. The van der Waals surface area contributed by atoms with Crippen LogP contribution >= 0.6 is 0 Å². The average Bonchev–Trinajstić information content (AvgIpc) is 2.84. The minimum atomic E-state index is -0.340. The van der Waals surface area contributed by atoms with E-state index in [0.29, 0.717) is 5.75 Å². The number of ether oxygens (including phenoxy) is 1. The molecule has 0 bridgehead atoms. The fourth-order valence-corrected chi connectivity index (χ4v) is 3.77. The van der Waals surface area contributed by atoms with Gasteiger partial charge in [0.2, 0.25) is 0 Å². The number of hydrogen-bond donors (Lipinski definition) is 1. The Kier molecular flexibility index (Phi) is 7.30. The first-order valence-electron chi connectivity index (χ1n) is 10.8. The maximum atomic E-state index is 13.0. The summed E-state index contributed by atoms with van der Waals surface area (Å²) in [5.41, 5.74) is 3.08. The molecule has 166 valence electrons. The molecule has 6 nitrogen and oxygen atoms in total. The molecule has 3 aromatic rings. The highest BCUT2D eigenvalue weighted by Crippen LogP contribution is 2.26. The number of nitrogens with one attached hydrogen (secondary N) is 1.